The summed E-state index contributed by atoms with van der Waals surface area (Å²) in [6, 6.07) is 7.89. The molecule has 0 heterocycles. The van der Waals surface area contributed by atoms with Crippen molar-refractivity contribution in [3.8, 4) is 6.07 Å². The molecular formula is C20H30FN3O3S2. The topological polar surface area (TPSA) is 105 Å². The van der Waals surface area contributed by atoms with Gasteiger partial charge in [-0.15, -0.1) is 4.72 Å². The summed E-state index contributed by atoms with van der Waals surface area (Å²) in [5.74, 6) is -0.818. The Balaban J connectivity index is 2.36. The van der Waals surface area contributed by atoms with Gasteiger partial charge in [-0.2, -0.15) is 9.98 Å². The zero-order chi connectivity index (χ0) is 22.1. The van der Waals surface area contributed by atoms with Crippen molar-refractivity contribution < 1.29 is 17.4 Å². The highest BCUT2D eigenvalue weighted by Crippen LogP contribution is 2.37. The number of rotatable bonds is 9. The van der Waals surface area contributed by atoms with Gasteiger partial charge in [0.15, 0.2) is 0 Å². The number of nitrogens with one attached hydrogen (secondary N) is 2. The molecule has 1 saturated carbocycles. The Hall–Kier alpha value is -1.18. The Labute approximate surface area is 176 Å². The third-order valence-electron chi connectivity index (χ3n) is 4.84. The van der Waals surface area contributed by atoms with Crippen molar-refractivity contribution in [3.63, 3.8) is 0 Å². The van der Waals surface area contributed by atoms with Gasteiger partial charge < -0.3 is 4.55 Å². The molecule has 6 nitrogen and oxygen atoms in total. The predicted octanol–water partition coefficient (Wildman–Crippen LogP) is 3.09. The summed E-state index contributed by atoms with van der Waals surface area (Å²) in [5.41, 5.74) is -2.60. The lowest BCUT2D eigenvalue weighted by Gasteiger charge is -2.36. The first-order valence-electron chi connectivity index (χ1n) is 9.57. The Morgan fingerprint density at radius 1 is 1.24 bits per heavy atom. The average molecular weight is 444 g/mol. The Morgan fingerprint density at radius 2 is 1.83 bits per heavy atom. The first-order chi connectivity index (χ1) is 13.2. The molecular weight excluding hydrogens is 413 g/mol. The van der Waals surface area contributed by atoms with Crippen LogP contribution in [-0.2, 0) is 26.9 Å². The number of nitriles is 1. The third kappa shape index (κ3) is 6.66. The first kappa shape index (κ1) is 24.1. The van der Waals surface area contributed by atoms with Gasteiger partial charge in [0, 0.05) is 16.9 Å². The zero-order valence-electron chi connectivity index (χ0n) is 17.6. The van der Waals surface area contributed by atoms with Crippen molar-refractivity contribution in [3.05, 3.63) is 35.6 Å². The van der Waals surface area contributed by atoms with Gasteiger partial charge in [-0.25, -0.2) is 12.8 Å². The van der Waals surface area contributed by atoms with Gasteiger partial charge in [-0.3, -0.25) is 0 Å². The van der Waals surface area contributed by atoms with Crippen molar-refractivity contribution in [2.75, 3.05) is 5.75 Å². The van der Waals surface area contributed by atoms with E-state index in [0.29, 0.717) is 12.3 Å². The number of nitrogens with zero attached hydrogens (tertiary/aromatic N) is 1. The van der Waals surface area contributed by atoms with Crippen LogP contribution in [-0.4, -0.2) is 29.0 Å². The summed E-state index contributed by atoms with van der Waals surface area (Å²) in [7, 11) is -4.02. The van der Waals surface area contributed by atoms with Crippen molar-refractivity contribution in [2.24, 2.45) is 5.92 Å². The molecule has 2 rings (SSSR count). The molecule has 162 valence electrons. The first-order valence-corrected chi connectivity index (χ1v) is 12.4. The van der Waals surface area contributed by atoms with E-state index in [0.717, 1.165) is 12.8 Å². The predicted molar refractivity (Wildman–Crippen MR) is 113 cm³/mol. The number of halogens is 1. The molecule has 9 heteroatoms. The van der Waals surface area contributed by atoms with E-state index in [2.05, 4.69) is 15.5 Å². The second-order valence-electron chi connectivity index (χ2n) is 9.25. The summed E-state index contributed by atoms with van der Waals surface area (Å²) in [4.78, 5) is 0. The van der Waals surface area contributed by atoms with Crippen LogP contribution in [0, 0.1) is 23.1 Å². The van der Waals surface area contributed by atoms with Gasteiger partial charge in [0.2, 0.25) is 10.0 Å². The van der Waals surface area contributed by atoms with E-state index in [1.165, 1.54) is 25.1 Å². The minimum absolute atomic E-state index is 0.101. The highest BCUT2D eigenvalue weighted by atomic mass is 32.2. The fourth-order valence-electron chi connectivity index (χ4n) is 3.20. The Kier molecular flexibility index (Phi) is 7.08. The molecule has 0 aliphatic heterocycles. The minimum atomic E-state index is -4.02. The van der Waals surface area contributed by atoms with E-state index in [1.807, 2.05) is 0 Å². The van der Waals surface area contributed by atoms with Crippen LogP contribution in [0.25, 0.3) is 0 Å². The van der Waals surface area contributed by atoms with Crippen LogP contribution in [0.15, 0.2) is 24.3 Å². The van der Waals surface area contributed by atoms with Gasteiger partial charge >= 0.3 is 0 Å². The molecule has 1 aromatic rings. The van der Waals surface area contributed by atoms with Crippen LogP contribution < -0.4 is 9.44 Å². The summed E-state index contributed by atoms with van der Waals surface area (Å²) >= 11 is -1.65. The molecule has 0 bridgehead atoms. The largest absolute Gasteiger partial charge is 0.598 e. The molecule has 0 aromatic heterocycles. The Morgan fingerprint density at radius 3 is 2.31 bits per heavy atom. The van der Waals surface area contributed by atoms with Gasteiger partial charge in [-0.05, 0) is 53.0 Å². The Bertz CT molecular complexity index is 878. The number of hydrogen-bond donors (Lipinski definition) is 2. The van der Waals surface area contributed by atoms with E-state index in [9.17, 15) is 22.6 Å². The zero-order valence-corrected chi connectivity index (χ0v) is 19.2. The summed E-state index contributed by atoms with van der Waals surface area (Å²) in [5, 5.41) is 9.54. The number of hydrogen-bond acceptors (Lipinski definition) is 5. The van der Waals surface area contributed by atoms with Gasteiger partial charge in [-0.1, -0.05) is 31.0 Å². The monoisotopic (exact) mass is 443 g/mol. The van der Waals surface area contributed by atoms with Crippen LogP contribution in [0.5, 0.6) is 0 Å². The molecule has 0 spiro atoms. The highest BCUT2D eigenvalue weighted by molar-refractivity contribution is 7.91. The lowest BCUT2D eigenvalue weighted by atomic mass is 9.95. The van der Waals surface area contributed by atoms with Crippen molar-refractivity contribution in [1.29, 1.82) is 5.26 Å². The molecule has 2 N–H and O–H groups in total. The SMILES string of the molecule is CC(C#N)(CC1CC1)NS(=O)(=O)CC(C)(N[S+]([O-])C(C)(C)C)c1ccccc1F. The van der Waals surface area contributed by atoms with Gasteiger partial charge in [0.05, 0.1) is 11.8 Å². The quantitative estimate of drug-likeness (QED) is 0.571. The van der Waals surface area contributed by atoms with Crippen LogP contribution in [0.4, 0.5) is 4.39 Å². The maximum atomic E-state index is 14.6. The molecule has 1 aliphatic rings. The molecule has 3 unspecified atom stereocenters. The van der Waals surface area contributed by atoms with E-state index in [1.54, 1.807) is 33.8 Å². The molecule has 1 aromatic carbocycles. The van der Waals surface area contributed by atoms with Crippen LogP contribution in [0.3, 0.4) is 0 Å². The fraction of sp³-hybridized carbons (Fsp3) is 0.650. The van der Waals surface area contributed by atoms with Crippen molar-refractivity contribution in [1.82, 2.24) is 9.44 Å². The molecule has 0 saturated heterocycles. The van der Waals surface area contributed by atoms with Crippen molar-refractivity contribution >= 4 is 21.4 Å². The summed E-state index contributed by atoms with van der Waals surface area (Å²) in [6.45, 7) is 8.30. The molecule has 1 aliphatic carbocycles. The lowest BCUT2D eigenvalue weighted by molar-refractivity contribution is 0.419. The lowest BCUT2D eigenvalue weighted by Crippen LogP contribution is -2.56. The number of benzene rings is 1. The summed E-state index contributed by atoms with van der Waals surface area (Å²) < 4.78 is 58.0. The maximum Gasteiger partial charge on any atom is 0.215 e. The number of sulfonamides is 1. The maximum absolute atomic E-state index is 14.6. The molecule has 29 heavy (non-hydrogen) atoms. The minimum Gasteiger partial charge on any atom is -0.598 e. The molecule has 0 amide bonds. The molecule has 1 fully saturated rings. The smallest absolute Gasteiger partial charge is 0.215 e. The fourth-order valence-corrected chi connectivity index (χ4v) is 6.06. The summed E-state index contributed by atoms with van der Waals surface area (Å²) in [6.07, 6.45) is 2.40. The van der Waals surface area contributed by atoms with E-state index in [4.69, 9.17) is 0 Å². The highest BCUT2D eigenvalue weighted by Gasteiger charge is 2.44. The normalized spacial score (nSPS) is 20.3. The van der Waals surface area contributed by atoms with Crippen LogP contribution >= 0.6 is 0 Å². The second kappa shape index (κ2) is 8.52. The van der Waals surface area contributed by atoms with Gasteiger partial charge in [0.1, 0.15) is 21.6 Å². The van der Waals surface area contributed by atoms with Crippen LogP contribution in [0.2, 0.25) is 0 Å². The van der Waals surface area contributed by atoms with Gasteiger partial charge in [0.25, 0.3) is 0 Å². The van der Waals surface area contributed by atoms with Crippen LogP contribution in [0.1, 0.15) is 59.4 Å². The van der Waals surface area contributed by atoms with E-state index in [-0.39, 0.29) is 5.56 Å². The standard InChI is InChI=1S/C20H30FN3O3S2/c1-18(2,3)28(25)23-20(5,16-8-6-7-9-17(16)21)14-29(26,27)24-19(4,13-22)12-15-10-11-15/h6-9,15,23-24H,10-12,14H2,1-5H3. The third-order valence-corrected chi connectivity index (χ3v) is 8.31. The molecule has 3 atom stereocenters. The second-order valence-corrected chi connectivity index (χ2v) is 12.9. The van der Waals surface area contributed by atoms with E-state index < -0.39 is 48.8 Å². The van der Waals surface area contributed by atoms with Crippen molar-refractivity contribution in [2.45, 2.75) is 69.7 Å². The van der Waals surface area contributed by atoms with E-state index >= 15 is 0 Å². The average Bonchev–Trinajstić information content (AvgIpc) is 3.36. The molecule has 0 radical (unpaired) electrons.